The van der Waals surface area contributed by atoms with Crippen molar-refractivity contribution in [3.8, 4) is 0 Å². The van der Waals surface area contributed by atoms with Crippen molar-refractivity contribution in [2.75, 3.05) is 19.3 Å². The molecule has 4 rings (SSSR count). The predicted octanol–water partition coefficient (Wildman–Crippen LogP) is 5.45. The van der Waals surface area contributed by atoms with Crippen LogP contribution in [0.1, 0.15) is 46.1 Å². The Morgan fingerprint density at radius 3 is 2.14 bits per heavy atom. The number of benzene rings is 2. The third-order valence-corrected chi connectivity index (χ3v) is 7.30. The fraction of sp³-hybridized carbons (Fsp3) is 0.400. The number of rotatable bonds is 5. The summed E-state index contributed by atoms with van der Waals surface area (Å²) in [4.78, 5) is 22.9. The second kappa shape index (κ2) is 12.8. The summed E-state index contributed by atoms with van der Waals surface area (Å²) in [5, 5.41) is 11.5. The number of aliphatic carboxylic acids is 1. The van der Waals surface area contributed by atoms with Crippen molar-refractivity contribution in [1.82, 2.24) is 19.4 Å². The van der Waals surface area contributed by atoms with Crippen molar-refractivity contribution in [3.05, 3.63) is 63.3 Å². The summed E-state index contributed by atoms with van der Waals surface area (Å²) in [7, 11) is -3.88. The number of sulfonamides is 1. The fourth-order valence-corrected chi connectivity index (χ4v) is 5.16. The average Bonchev–Trinajstić information content (AvgIpc) is 3.19. The number of hydrogen-bond donors (Lipinski definition) is 2. The molecular formula is C25H23ClF8N4O5S. The second-order valence-corrected chi connectivity index (χ2v) is 12.0. The van der Waals surface area contributed by atoms with Crippen molar-refractivity contribution >= 4 is 44.4 Å². The summed E-state index contributed by atoms with van der Waals surface area (Å²) in [6, 6.07) is 3.51. The highest BCUT2D eigenvalue weighted by molar-refractivity contribution is 7.89. The number of nitrogens with one attached hydrogen (secondary N) is 1. The van der Waals surface area contributed by atoms with Gasteiger partial charge in [-0.15, -0.1) is 0 Å². The van der Waals surface area contributed by atoms with E-state index < -0.39 is 62.0 Å². The van der Waals surface area contributed by atoms with Crippen molar-refractivity contribution in [3.63, 3.8) is 0 Å². The SMILES string of the molecule is Cc1nn(C2CCN(Cc3cc(C(F)(F)F)cc(Cl)c3F)CC2)c2cc(F)c(C(=O)NS(C)(=O)=O)cc12.O=C(O)C(F)(F)F. The molecule has 242 valence electrons. The van der Waals surface area contributed by atoms with Gasteiger partial charge in [0, 0.05) is 36.7 Å². The number of carboxylic acids is 1. The van der Waals surface area contributed by atoms with Gasteiger partial charge in [0.2, 0.25) is 10.0 Å². The number of fused-ring (bicyclic) bond motifs is 1. The first kappa shape index (κ1) is 35.0. The maximum Gasteiger partial charge on any atom is 0.490 e. The molecule has 2 N–H and O–H groups in total. The molecule has 0 radical (unpaired) electrons. The van der Waals surface area contributed by atoms with E-state index in [1.807, 2.05) is 0 Å². The maximum atomic E-state index is 14.8. The van der Waals surface area contributed by atoms with Gasteiger partial charge in [-0.05, 0) is 38.0 Å². The van der Waals surface area contributed by atoms with Crippen LogP contribution in [0.4, 0.5) is 35.1 Å². The molecule has 2 heterocycles. The van der Waals surface area contributed by atoms with Crippen molar-refractivity contribution in [2.45, 2.75) is 44.7 Å². The molecule has 0 aliphatic carbocycles. The Balaban J connectivity index is 0.000000676. The maximum absolute atomic E-state index is 14.8. The molecule has 1 aliphatic rings. The van der Waals surface area contributed by atoms with Gasteiger partial charge in [-0.3, -0.25) is 14.4 Å². The zero-order valence-electron chi connectivity index (χ0n) is 22.7. The molecule has 1 aliphatic heterocycles. The molecule has 0 bridgehead atoms. The number of aryl methyl sites for hydroxylation is 1. The van der Waals surface area contributed by atoms with E-state index in [9.17, 15) is 48.3 Å². The van der Waals surface area contributed by atoms with Gasteiger partial charge in [0.15, 0.2) is 0 Å². The van der Waals surface area contributed by atoms with E-state index in [2.05, 4.69) is 5.10 Å². The van der Waals surface area contributed by atoms with Crippen molar-refractivity contribution in [2.24, 2.45) is 0 Å². The number of carbonyl (C=O) groups excluding carboxylic acids is 1. The summed E-state index contributed by atoms with van der Waals surface area (Å²) in [6.07, 6.45) is -7.95. The Hall–Kier alpha value is -3.51. The minimum atomic E-state index is -5.08. The smallest absolute Gasteiger partial charge is 0.475 e. The van der Waals surface area contributed by atoms with Crippen LogP contribution in [0.3, 0.4) is 0 Å². The minimum Gasteiger partial charge on any atom is -0.475 e. The molecule has 9 nitrogen and oxygen atoms in total. The first-order valence-corrected chi connectivity index (χ1v) is 14.6. The van der Waals surface area contributed by atoms with Gasteiger partial charge in [-0.1, -0.05) is 11.6 Å². The lowest BCUT2D eigenvalue weighted by atomic mass is 10.0. The predicted molar refractivity (Wildman–Crippen MR) is 140 cm³/mol. The summed E-state index contributed by atoms with van der Waals surface area (Å²) in [5.41, 5.74) is -0.682. The number of carboxylic acid groups (broad SMARTS) is 1. The van der Waals surface area contributed by atoms with Crippen LogP contribution in [0.15, 0.2) is 24.3 Å². The lowest BCUT2D eigenvalue weighted by Gasteiger charge is -2.32. The fourth-order valence-electron chi connectivity index (χ4n) is 4.47. The largest absolute Gasteiger partial charge is 0.490 e. The number of alkyl halides is 6. The Bertz CT molecular complexity index is 1680. The molecule has 1 fully saturated rings. The van der Waals surface area contributed by atoms with E-state index in [1.165, 1.54) is 6.07 Å². The molecule has 0 unspecified atom stereocenters. The van der Waals surface area contributed by atoms with Crippen LogP contribution in [0.25, 0.3) is 10.9 Å². The lowest BCUT2D eigenvalue weighted by molar-refractivity contribution is -0.192. The van der Waals surface area contributed by atoms with Gasteiger partial charge in [0.25, 0.3) is 5.91 Å². The number of piperidine rings is 1. The molecule has 2 aromatic carbocycles. The van der Waals surface area contributed by atoms with Crippen molar-refractivity contribution in [1.29, 1.82) is 0 Å². The number of nitrogens with zero attached hydrogens (tertiary/aromatic N) is 3. The third kappa shape index (κ3) is 8.56. The van der Waals surface area contributed by atoms with E-state index in [1.54, 1.807) is 21.2 Å². The summed E-state index contributed by atoms with van der Waals surface area (Å²) in [6.45, 7) is 2.43. The number of carbonyl (C=O) groups is 2. The van der Waals surface area contributed by atoms with Crippen LogP contribution < -0.4 is 4.72 Å². The highest BCUT2D eigenvalue weighted by Crippen LogP contribution is 2.35. The number of aromatic nitrogens is 2. The summed E-state index contributed by atoms with van der Waals surface area (Å²) >= 11 is 5.69. The van der Waals surface area contributed by atoms with E-state index in [0.29, 0.717) is 48.6 Å². The van der Waals surface area contributed by atoms with Crippen LogP contribution in [0, 0.1) is 18.6 Å². The summed E-state index contributed by atoms with van der Waals surface area (Å²) < 4.78 is 126. The zero-order valence-corrected chi connectivity index (χ0v) is 24.2. The van der Waals surface area contributed by atoms with Gasteiger partial charge in [-0.25, -0.2) is 26.7 Å². The molecule has 19 heteroatoms. The van der Waals surface area contributed by atoms with Gasteiger partial charge in [0.1, 0.15) is 11.6 Å². The minimum absolute atomic E-state index is 0.0610. The monoisotopic (exact) mass is 678 g/mol. The number of hydrogen-bond acceptors (Lipinski definition) is 6. The molecule has 0 atom stereocenters. The molecule has 0 spiro atoms. The summed E-state index contributed by atoms with van der Waals surface area (Å²) in [5.74, 6) is -5.66. The zero-order chi connectivity index (χ0) is 33.4. The Morgan fingerprint density at radius 2 is 1.64 bits per heavy atom. The van der Waals surface area contributed by atoms with Crippen LogP contribution in [0.5, 0.6) is 0 Å². The van der Waals surface area contributed by atoms with Gasteiger partial charge in [-0.2, -0.15) is 31.4 Å². The average molecular weight is 679 g/mol. The van der Waals surface area contributed by atoms with E-state index in [4.69, 9.17) is 21.5 Å². The first-order chi connectivity index (χ1) is 20.1. The van der Waals surface area contributed by atoms with Crippen LogP contribution in [-0.4, -0.2) is 65.6 Å². The Morgan fingerprint density at radius 1 is 1.07 bits per heavy atom. The number of likely N-dealkylation sites (tertiary alicyclic amines) is 1. The first-order valence-electron chi connectivity index (χ1n) is 12.4. The number of amides is 1. The van der Waals surface area contributed by atoms with Crippen molar-refractivity contribution < 1.29 is 58.2 Å². The third-order valence-electron chi connectivity index (χ3n) is 6.47. The van der Waals surface area contributed by atoms with Crippen LogP contribution in [0.2, 0.25) is 5.02 Å². The van der Waals surface area contributed by atoms with Crippen LogP contribution in [-0.2, 0) is 27.5 Å². The van der Waals surface area contributed by atoms with Gasteiger partial charge < -0.3 is 5.11 Å². The van der Waals surface area contributed by atoms with E-state index in [0.717, 1.165) is 18.4 Å². The molecule has 1 amide bonds. The molecule has 44 heavy (non-hydrogen) atoms. The molecule has 3 aromatic rings. The van der Waals surface area contributed by atoms with E-state index in [-0.39, 0.29) is 18.2 Å². The second-order valence-electron chi connectivity index (χ2n) is 9.82. The Labute approximate surface area is 249 Å². The normalized spacial score (nSPS) is 15.2. The standard InChI is InChI=1S/C23H22ClF5N4O3S.C2HF3O2/c1-12-16-9-17(22(34)31-37(2,35)36)19(25)10-20(16)33(30-12)15-3-5-32(6-4-15)11-13-7-14(23(27,28)29)8-18(24)21(13)26;3-2(4,5)1(6)7/h7-10,15H,3-6,11H2,1-2H3,(H,31,34);(H,6,7). The highest BCUT2D eigenvalue weighted by atomic mass is 35.5. The van der Waals surface area contributed by atoms with E-state index >= 15 is 0 Å². The Kier molecular flexibility index (Phi) is 10.2. The van der Waals surface area contributed by atoms with Gasteiger partial charge >= 0.3 is 18.3 Å². The topological polar surface area (TPSA) is 122 Å². The highest BCUT2D eigenvalue weighted by Gasteiger charge is 2.38. The molecule has 0 saturated carbocycles. The molecule has 1 aromatic heterocycles. The van der Waals surface area contributed by atoms with Crippen LogP contribution >= 0.6 is 11.6 Å². The lowest BCUT2D eigenvalue weighted by Crippen LogP contribution is -2.34. The number of halogens is 9. The van der Waals surface area contributed by atoms with Gasteiger partial charge in [0.05, 0.1) is 39.7 Å². The molecular weight excluding hydrogens is 656 g/mol. The quantitative estimate of drug-likeness (QED) is 0.344. The molecule has 1 saturated heterocycles.